The van der Waals surface area contributed by atoms with Gasteiger partial charge >= 0.3 is 0 Å². The lowest BCUT2D eigenvalue weighted by molar-refractivity contribution is -0.384. The van der Waals surface area contributed by atoms with Crippen LogP contribution in [0.5, 0.6) is 0 Å². The number of hydrogen-bond donors (Lipinski definition) is 1. The van der Waals surface area contributed by atoms with Gasteiger partial charge in [0.15, 0.2) is 5.11 Å². The van der Waals surface area contributed by atoms with Crippen LogP contribution in [0.15, 0.2) is 64.6 Å². The third-order valence-corrected chi connectivity index (χ3v) is 5.59. The van der Waals surface area contributed by atoms with Crippen molar-refractivity contribution in [2.75, 3.05) is 4.90 Å². The van der Waals surface area contributed by atoms with E-state index in [1.54, 1.807) is 37.3 Å². The number of hydrogen-bond acceptors (Lipinski definition) is 6. The normalized spacial score (nSPS) is 15.2. The molecule has 166 valence electrons. The van der Waals surface area contributed by atoms with E-state index in [1.807, 2.05) is 19.1 Å². The molecule has 0 radical (unpaired) electrons. The van der Waals surface area contributed by atoms with Gasteiger partial charge in [-0.25, -0.2) is 0 Å². The first-order chi connectivity index (χ1) is 15.8. The number of anilines is 1. The molecule has 1 saturated heterocycles. The van der Waals surface area contributed by atoms with Gasteiger partial charge in [0.05, 0.1) is 10.6 Å². The molecule has 0 spiro atoms. The minimum atomic E-state index is -0.615. The Morgan fingerprint density at radius 3 is 2.48 bits per heavy atom. The number of amides is 2. The van der Waals surface area contributed by atoms with Crippen molar-refractivity contribution in [3.05, 3.63) is 87.2 Å². The summed E-state index contributed by atoms with van der Waals surface area (Å²) in [5, 5.41) is 13.5. The Kier molecular flexibility index (Phi) is 5.89. The van der Waals surface area contributed by atoms with Gasteiger partial charge in [-0.3, -0.25) is 29.9 Å². The van der Waals surface area contributed by atoms with E-state index in [2.05, 4.69) is 5.32 Å². The van der Waals surface area contributed by atoms with Crippen LogP contribution in [-0.4, -0.2) is 21.9 Å². The molecule has 9 heteroatoms. The van der Waals surface area contributed by atoms with Crippen LogP contribution in [0.4, 0.5) is 11.4 Å². The van der Waals surface area contributed by atoms with Crippen LogP contribution in [0.25, 0.3) is 17.4 Å². The average Bonchev–Trinajstić information content (AvgIpc) is 3.25. The van der Waals surface area contributed by atoms with E-state index in [0.717, 1.165) is 12.0 Å². The van der Waals surface area contributed by atoms with Crippen molar-refractivity contribution in [3.8, 4) is 11.3 Å². The summed E-state index contributed by atoms with van der Waals surface area (Å²) >= 11 is 5.23. The number of rotatable bonds is 5. The van der Waals surface area contributed by atoms with Gasteiger partial charge in [0.2, 0.25) is 0 Å². The third-order valence-electron chi connectivity index (χ3n) is 5.30. The molecule has 0 aliphatic carbocycles. The Morgan fingerprint density at radius 2 is 1.85 bits per heavy atom. The molecule has 1 fully saturated rings. The van der Waals surface area contributed by atoms with Crippen molar-refractivity contribution in [2.24, 2.45) is 0 Å². The number of benzene rings is 2. The van der Waals surface area contributed by atoms with E-state index >= 15 is 0 Å². The molecule has 2 aromatic carbocycles. The molecule has 0 saturated carbocycles. The second-order valence-corrected chi connectivity index (χ2v) is 7.82. The van der Waals surface area contributed by atoms with E-state index < -0.39 is 16.7 Å². The molecule has 8 nitrogen and oxygen atoms in total. The summed E-state index contributed by atoms with van der Waals surface area (Å²) < 4.78 is 5.82. The van der Waals surface area contributed by atoms with Crippen molar-refractivity contribution >= 4 is 46.6 Å². The molecular formula is C24H19N3O5S. The summed E-state index contributed by atoms with van der Waals surface area (Å²) in [6, 6.07) is 15.1. The Labute approximate surface area is 194 Å². The molecule has 0 unspecified atom stereocenters. The van der Waals surface area contributed by atoms with Crippen molar-refractivity contribution in [2.45, 2.75) is 20.3 Å². The number of nitrogens with one attached hydrogen (secondary N) is 1. The molecule has 0 bridgehead atoms. The van der Waals surface area contributed by atoms with Gasteiger partial charge in [-0.15, -0.1) is 0 Å². The number of aryl methyl sites for hydroxylation is 2. The number of carbonyl (C=O) groups excluding carboxylic acids is 2. The number of nitrogens with zero attached hydrogens (tertiary/aromatic N) is 2. The number of carbonyl (C=O) groups is 2. The lowest BCUT2D eigenvalue weighted by Gasteiger charge is -2.28. The Hall–Kier alpha value is -4.11. The van der Waals surface area contributed by atoms with Crippen LogP contribution in [0.1, 0.15) is 23.8 Å². The topological polar surface area (TPSA) is 106 Å². The minimum Gasteiger partial charge on any atom is -0.457 e. The average molecular weight is 461 g/mol. The van der Waals surface area contributed by atoms with Gasteiger partial charge in [-0.2, -0.15) is 0 Å². The number of thiocarbonyl (C=S) groups is 1. The summed E-state index contributed by atoms with van der Waals surface area (Å²) in [7, 11) is 0. The summed E-state index contributed by atoms with van der Waals surface area (Å²) in [4.78, 5) is 37.4. The van der Waals surface area contributed by atoms with Crippen LogP contribution >= 0.6 is 12.2 Å². The predicted molar refractivity (Wildman–Crippen MR) is 128 cm³/mol. The van der Waals surface area contributed by atoms with Gasteiger partial charge < -0.3 is 4.42 Å². The molecule has 2 heterocycles. The molecule has 1 N–H and O–H groups in total. The number of nitro benzene ring substituents is 1. The molecule has 1 aliphatic rings. The van der Waals surface area contributed by atoms with Gasteiger partial charge in [-0.05, 0) is 73.1 Å². The van der Waals surface area contributed by atoms with Crippen LogP contribution in [-0.2, 0) is 16.0 Å². The SMILES string of the molecule is CCc1ccc(N2C(=O)C(=Cc3ccc(-c4ccc([N+](=O)[O-])cc4C)o3)C(=O)NC2=S)cc1. The van der Waals surface area contributed by atoms with Gasteiger partial charge in [0.1, 0.15) is 17.1 Å². The summed E-state index contributed by atoms with van der Waals surface area (Å²) in [6.45, 7) is 3.77. The molecular weight excluding hydrogens is 442 g/mol. The summed E-state index contributed by atoms with van der Waals surface area (Å²) in [6.07, 6.45) is 2.21. The lowest BCUT2D eigenvalue weighted by Crippen LogP contribution is -2.54. The Balaban J connectivity index is 1.65. The fourth-order valence-electron chi connectivity index (χ4n) is 3.53. The maximum atomic E-state index is 13.1. The third kappa shape index (κ3) is 4.31. The second-order valence-electron chi connectivity index (χ2n) is 7.44. The van der Waals surface area contributed by atoms with Crippen molar-refractivity contribution in [1.82, 2.24) is 5.32 Å². The van der Waals surface area contributed by atoms with Crippen LogP contribution in [0, 0.1) is 17.0 Å². The zero-order chi connectivity index (χ0) is 23.7. The minimum absolute atomic E-state index is 0.00744. The quantitative estimate of drug-likeness (QED) is 0.196. The molecule has 0 atom stereocenters. The van der Waals surface area contributed by atoms with Crippen LogP contribution in [0.3, 0.4) is 0 Å². The highest BCUT2D eigenvalue weighted by Crippen LogP contribution is 2.30. The maximum absolute atomic E-state index is 13.1. The van der Waals surface area contributed by atoms with Gasteiger partial charge in [0.25, 0.3) is 17.5 Å². The highest BCUT2D eigenvalue weighted by molar-refractivity contribution is 7.80. The highest BCUT2D eigenvalue weighted by atomic mass is 32.1. The van der Waals surface area contributed by atoms with Crippen molar-refractivity contribution < 1.29 is 18.9 Å². The zero-order valence-corrected chi connectivity index (χ0v) is 18.6. The fourth-order valence-corrected chi connectivity index (χ4v) is 3.81. The lowest BCUT2D eigenvalue weighted by atomic mass is 10.1. The smallest absolute Gasteiger partial charge is 0.270 e. The van der Waals surface area contributed by atoms with Crippen LogP contribution < -0.4 is 10.2 Å². The summed E-state index contributed by atoms with van der Waals surface area (Å²) in [5.74, 6) is -0.427. The Morgan fingerprint density at radius 1 is 1.12 bits per heavy atom. The standard InChI is InChI=1S/C24H19N3O5S/c1-3-15-4-6-16(7-5-15)26-23(29)20(22(28)25-24(26)33)13-18-9-11-21(32-18)19-10-8-17(27(30)31)12-14(19)2/h4-13H,3H2,1-2H3,(H,25,28,33). The number of nitro groups is 1. The molecule has 2 amide bonds. The fraction of sp³-hybridized carbons (Fsp3) is 0.125. The predicted octanol–water partition coefficient (Wildman–Crippen LogP) is 4.56. The Bertz CT molecular complexity index is 1320. The van der Waals surface area contributed by atoms with E-state index in [4.69, 9.17) is 16.6 Å². The molecule has 4 rings (SSSR count). The van der Waals surface area contributed by atoms with Gasteiger partial charge in [0, 0.05) is 17.7 Å². The molecule has 3 aromatic rings. The number of non-ortho nitro benzene ring substituents is 1. The van der Waals surface area contributed by atoms with E-state index in [0.29, 0.717) is 22.6 Å². The van der Waals surface area contributed by atoms with Crippen molar-refractivity contribution in [1.29, 1.82) is 0 Å². The van der Waals surface area contributed by atoms with Crippen molar-refractivity contribution in [3.63, 3.8) is 0 Å². The first-order valence-corrected chi connectivity index (χ1v) is 10.5. The maximum Gasteiger partial charge on any atom is 0.270 e. The monoisotopic (exact) mass is 461 g/mol. The zero-order valence-electron chi connectivity index (χ0n) is 17.8. The largest absolute Gasteiger partial charge is 0.457 e. The highest BCUT2D eigenvalue weighted by Gasteiger charge is 2.34. The van der Waals surface area contributed by atoms with E-state index in [9.17, 15) is 19.7 Å². The first-order valence-electron chi connectivity index (χ1n) is 10.1. The van der Waals surface area contributed by atoms with Gasteiger partial charge in [-0.1, -0.05) is 19.1 Å². The molecule has 1 aliphatic heterocycles. The van der Waals surface area contributed by atoms with E-state index in [-0.39, 0.29) is 22.1 Å². The molecule has 1 aromatic heterocycles. The first kappa shape index (κ1) is 22.1. The van der Waals surface area contributed by atoms with E-state index in [1.165, 1.54) is 23.1 Å². The molecule has 33 heavy (non-hydrogen) atoms. The second kappa shape index (κ2) is 8.79. The number of furan rings is 1. The van der Waals surface area contributed by atoms with Crippen LogP contribution in [0.2, 0.25) is 0 Å². The summed E-state index contributed by atoms with van der Waals surface area (Å²) in [5.41, 5.74) is 2.86.